The predicted molar refractivity (Wildman–Crippen MR) is 103 cm³/mol. The van der Waals surface area contributed by atoms with Crippen molar-refractivity contribution in [3.8, 4) is 11.5 Å². The largest absolute Gasteiger partial charge is 0.421 e. The maximum atomic E-state index is 13.1. The van der Waals surface area contributed by atoms with Crippen molar-refractivity contribution in [2.24, 2.45) is 7.05 Å². The average molecular weight is 388 g/mol. The van der Waals surface area contributed by atoms with Crippen molar-refractivity contribution < 1.29 is 12.8 Å². The SMILES string of the molecule is CCc1ccc(CNS(=O)(=O)c2c(-c3nnc(C)o3)c(C)n(C)c2C)cc1. The molecule has 2 aromatic heterocycles. The molecule has 0 bridgehead atoms. The second kappa shape index (κ2) is 7.28. The Hall–Kier alpha value is -2.45. The summed E-state index contributed by atoms with van der Waals surface area (Å²) in [5.41, 5.74) is 3.93. The molecule has 0 spiro atoms. The lowest BCUT2D eigenvalue weighted by Crippen LogP contribution is -2.24. The van der Waals surface area contributed by atoms with Crippen molar-refractivity contribution in [1.29, 1.82) is 0 Å². The molecule has 0 saturated heterocycles. The molecular weight excluding hydrogens is 364 g/mol. The fourth-order valence-electron chi connectivity index (χ4n) is 3.04. The number of sulfonamides is 1. The van der Waals surface area contributed by atoms with Gasteiger partial charge in [-0.1, -0.05) is 31.2 Å². The first-order valence-electron chi connectivity index (χ1n) is 8.78. The molecule has 27 heavy (non-hydrogen) atoms. The summed E-state index contributed by atoms with van der Waals surface area (Å²) in [5, 5.41) is 7.86. The average Bonchev–Trinajstić information content (AvgIpc) is 3.17. The standard InChI is InChI=1S/C19H24N4O3S/c1-6-15-7-9-16(10-8-15)11-20-27(24,25)18-13(3)23(5)12(2)17(18)19-22-21-14(4)26-19/h7-10,20H,6,11H2,1-5H3. The van der Waals surface area contributed by atoms with Crippen LogP contribution in [0.1, 0.15) is 35.3 Å². The Labute approximate surface area is 159 Å². The smallest absolute Gasteiger partial charge is 0.250 e. The Morgan fingerprint density at radius 2 is 1.67 bits per heavy atom. The van der Waals surface area contributed by atoms with Gasteiger partial charge in [-0.15, -0.1) is 10.2 Å². The number of rotatable bonds is 6. The number of hydrogen-bond acceptors (Lipinski definition) is 5. The number of nitrogens with one attached hydrogen (secondary N) is 1. The molecular formula is C19H24N4O3S. The van der Waals surface area contributed by atoms with Crippen molar-refractivity contribution in [2.75, 3.05) is 0 Å². The van der Waals surface area contributed by atoms with Gasteiger partial charge in [0.25, 0.3) is 5.89 Å². The molecule has 144 valence electrons. The molecule has 0 atom stereocenters. The van der Waals surface area contributed by atoms with Gasteiger partial charge in [0.2, 0.25) is 15.9 Å². The van der Waals surface area contributed by atoms with E-state index in [-0.39, 0.29) is 17.3 Å². The summed E-state index contributed by atoms with van der Waals surface area (Å²) in [6.07, 6.45) is 0.946. The van der Waals surface area contributed by atoms with Gasteiger partial charge >= 0.3 is 0 Å². The van der Waals surface area contributed by atoms with Crippen LogP contribution < -0.4 is 4.72 Å². The molecule has 0 saturated carbocycles. The van der Waals surface area contributed by atoms with Crippen LogP contribution >= 0.6 is 0 Å². The molecule has 0 fully saturated rings. The fraction of sp³-hybridized carbons (Fsp3) is 0.368. The van der Waals surface area contributed by atoms with Gasteiger partial charge in [-0.25, -0.2) is 13.1 Å². The van der Waals surface area contributed by atoms with Gasteiger partial charge in [0.15, 0.2) is 0 Å². The lowest BCUT2D eigenvalue weighted by molar-refractivity contribution is 0.530. The number of nitrogens with zero attached hydrogens (tertiary/aromatic N) is 3. The second-order valence-corrected chi connectivity index (χ2v) is 8.26. The summed E-state index contributed by atoms with van der Waals surface area (Å²) in [6, 6.07) is 7.89. The van der Waals surface area contributed by atoms with Gasteiger partial charge in [-0.3, -0.25) is 0 Å². The topological polar surface area (TPSA) is 90.0 Å². The molecule has 2 heterocycles. The lowest BCUT2D eigenvalue weighted by atomic mass is 10.1. The van der Waals surface area contributed by atoms with E-state index in [0.717, 1.165) is 17.7 Å². The van der Waals surface area contributed by atoms with E-state index in [0.29, 0.717) is 17.1 Å². The van der Waals surface area contributed by atoms with Crippen LogP contribution in [-0.4, -0.2) is 23.2 Å². The molecule has 3 rings (SSSR count). The van der Waals surface area contributed by atoms with Crippen LogP contribution in [0.2, 0.25) is 0 Å². The number of hydrogen-bond donors (Lipinski definition) is 1. The normalized spacial score (nSPS) is 11.9. The van der Waals surface area contributed by atoms with Gasteiger partial charge in [-0.2, -0.15) is 0 Å². The summed E-state index contributed by atoms with van der Waals surface area (Å²) in [6.45, 7) is 7.57. The van der Waals surface area contributed by atoms with Crippen LogP contribution in [0, 0.1) is 20.8 Å². The molecule has 0 radical (unpaired) electrons. The van der Waals surface area contributed by atoms with E-state index >= 15 is 0 Å². The summed E-state index contributed by atoms with van der Waals surface area (Å²) >= 11 is 0. The Balaban J connectivity index is 1.97. The van der Waals surface area contributed by atoms with Crippen molar-refractivity contribution >= 4 is 10.0 Å². The van der Waals surface area contributed by atoms with Gasteiger partial charge in [0, 0.05) is 31.9 Å². The van der Waals surface area contributed by atoms with Crippen LogP contribution in [-0.2, 0) is 30.0 Å². The highest BCUT2D eigenvalue weighted by Gasteiger charge is 2.30. The summed E-state index contributed by atoms with van der Waals surface area (Å²) < 4.78 is 36.2. The first-order valence-corrected chi connectivity index (χ1v) is 10.3. The van der Waals surface area contributed by atoms with Gasteiger partial charge < -0.3 is 8.98 Å². The maximum Gasteiger partial charge on any atom is 0.250 e. The zero-order valence-corrected chi connectivity index (χ0v) is 17.0. The third-order valence-corrected chi connectivity index (χ3v) is 6.39. The fourth-order valence-corrected chi connectivity index (χ4v) is 4.57. The third-order valence-electron chi connectivity index (χ3n) is 4.83. The predicted octanol–water partition coefficient (Wildman–Crippen LogP) is 3.04. The van der Waals surface area contributed by atoms with E-state index in [1.54, 1.807) is 13.8 Å². The molecule has 8 heteroatoms. The number of aromatic nitrogens is 3. The molecule has 0 aliphatic heterocycles. The van der Waals surface area contributed by atoms with Crippen molar-refractivity contribution in [2.45, 2.75) is 45.6 Å². The summed E-state index contributed by atoms with van der Waals surface area (Å²) in [4.78, 5) is 0.177. The maximum absolute atomic E-state index is 13.1. The molecule has 3 aromatic rings. The minimum atomic E-state index is -3.77. The third kappa shape index (κ3) is 3.68. The highest BCUT2D eigenvalue weighted by molar-refractivity contribution is 7.89. The van der Waals surface area contributed by atoms with Crippen LogP contribution in [0.25, 0.3) is 11.5 Å². The first-order chi connectivity index (χ1) is 12.7. The monoisotopic (exact) mass is 388 g/mol. The van der Waals surface area contributed by atoms with Crippen LogP contribution in [0.5, 0.6) is 0 Å². The number of aryl methyl sites for hydroxylation is 2. The van der Waals surface area contributed by atoms with Crippen molar-refractivity contribution in [1.82, 2.24) is 19.5 Å². The van der Waals surface area contributed by atoms with Crippen molar-refractivity contribution in [3.05, 3.63) is 52.7 Å². The number of benzene rings is 1. The second-order valence-electron chi connectivity index (χ2n) is 6.55. The zero-order chi connectivity index (χ0) is 19.8. The summed E-state index contributed by atoms with van der Waals surface area (Å²) in [7, 11) is -1.96. The van der Waals surface area contributed by atoms with Crippen LogP contribution in [0.3, 0.4) is 0 Å². The summed E-state index contributed by atoms with van der Waals surface area (Å²) in [5.74, 6) is 0.597. The Morgan fingerprint density at radius 1 is 1.04 bits per heavy atom. The van der Waals surface area contributed by atoms with Crippen molar-refractivity contribution in [3.63, 3.8) is 0 Å². The molecule has 0 unspecified atom stereocenters. The van der Waals surface area contributed by atoms with Gasteiger partial charge in [0.05, 0.1) is 5.56 Å². The molecule has 7 nitrogen and oxygen atoms in total. The van der Waals surface area contributed by atoms with E-state index in [9.17, 15) is 8.42 Å². The van der Waals surface area contributed by atoms with E-state index in [4.69, 9.17) is 4.42 Å². The Kier molecular flexibility index (Phi) is 5.21. The first kappa shape index (κ1) is 19.3. The highest BCUT2D eigenvalue weighted by atomic mass is 32.2. The van der Waals surface area contributed by atoms with E-state index in [1.807, 2.05) is 42.8 Å². The minimum Gasteiger partial charge on any atom is -0.421 e. The lowest BCUT2D eigenvalue weighted by Gasteiger charge is -2.09. The molecule has 1 N–H and O–H groups in total. The minimum absolute atomic E-state index is 0.177. The van der Waals surface area contributed by atoms with Crippen LogP contribution in [0.4, 0.5) is 0 Å². The zero-order valence-electron chi connectivity index (χ0n) is 16.2. The van der Waals surface area contributed by atoms with E-state index in [1.165, 1.54) is 5.56 Å². The molecule has 0 aliphatic rings. The molecule has 0 aliphatic carbocycles. The van der Waals surface area contributed by atoms with Gasteiger partial charge in [0.1, 0.15) is 4.90 Å². The molecule has 1 aromatic carbocycles. The quantitative estimate of drug-likeness (QED) is 0.701. The van der Waals surface area contributed by atoms with Gasteiger partial charge in [-0.05, 0) is 31.4 Å². The molecule has 0 amide bonds. The highest BCUT2D eigenvalue weighted by Crippen LogP contribution is 2.34. The Bertz CT molecular complexity index is 1060. The Morgan fingerprint density at radius 3 is 2.22 bits per heavy atom. The van der Waals surface area contributed by atoms with E-state index < -0.39 is 10.0 Å². The van der Waals surface area contributed by atoms with E-state index in [2.05, 4.69) is 21.8 Å². The van der Waals surface area contributed by atoms with Crippen LogP contribution in [0.15, 0.2) is 33.6 Å².